The van der Waals surface area contributed by atoms with Crippen LogP contribution in [0.3, 0.4) is 0 Å². The topological polar surface area (TPSA) is 9.23 Å². The third-order valence-corrected chi connectivity index (χ3v) is 5.36. The third kappa shape index (κ3) is 3.76. The highest BCUT2D eigenvalue weighted by molar-refractivity contribution is 5.30. The number of quaternary nitrogens is 1. The molecule has 0 unspecified atom stereocenters. The molecule has 0 amide bonds. The Kier molecular flexibility index (Phi) is 5.02. The summed E-state index contributed by atoms with van der Waals surface area (Å²) in [5.74, 6) is 0.938. The van der Waals surface area contributed by atoms with Crippen LogP contribution in [0, 0.1) is 0 Å². The van der Waals surface area contributed by atoms with Gasteiger partial charge in [0.15, 0.2) is 0 Å². The van der Waals surface area contributed by atoms with E-state index in [1.165, 1.54) is 43.5 Å². The van der Waals surface area contributed by atoms with Crippen LogP contribution in [0.25, 0.3) is 0 Å². The molecule has 1 fully saturated rings. The zero-order valence-corrected chi connectivity index (χ0v) is 14.4. The molecule has 0 bridgehead atoms. The van der Waals surface area contributed by atoms with Crippen LogP contribution in [0.2, 0.25) is 0 Å². The summed E-state index contributed by atoms with van der Waals surface area (Å²) in [6.07, 6.45) is 5.17. The van der Waals surface area contributed by atoms with Gasteiger partial charge in [-0.15, -0.1) is 0 Å². The first-order valence-corrected chi connectivity index (χ1v) is 8.73. The Morgan fingerprint density at radius 3 is 2.17 bits per heavy atom. The van der Waals surface area contributed by atoms with Crippen LogP contribution in [0.5, 0.6) is 5.75 Å². The van der Waals surface area contributed by atoms with Crippen LogP contribution in [-0.4, -0.2) is 31.7 Å². The van der Waals surface area contributed by atoms with Gasteiger partial charge in [-0.25, -0.2) is 0 Å². The van der Waals surface area contributed by atoms with Crippen LogP contribution in [0.15, 0.2) is 54.6 Å². The summed E-state index contributed by atoms with van der Waals surface area (Å²) in [7, 11) is 4.17. The van der Waals surface area contributed by atoms with Gasteiger partial charge in [-0.2, -0.15) is 0 Å². The molecule has 0 saturated carbocycles. The van der Waals surface area contributed by atoms with E-state index in [0.29, 0.717) is 6.04 Å². The Hall–Kier alpha value is -1.80. The lowest BCUT2D eigenvalue weighted by atomic mass is 9.93. The van der Waals surface area contributed by atoms with Crippen LogP contribution >= 0.6 is 0 Å². The Morgan fingerprint density at radius 1 is 0.913 bits per heavy atom. The van der Waals surface area contributed by atoms with Crippen molar-refractivity contribution in [3.05, 3.63) is 65.7 Å². The molecule has 2 aromatic rings. The standard InChI is InChI=1S/C21H28NO/c1-22(15-7-4-8-16-22)21(17-18-9-5-3-6-10-18)19-11-13-20(23-2)14-12-19/h3,5-6,9-14,21H,4,7-8,15-17H2,1-2H3/q+1/t21-/m1/s1. The first kappa shape index (κ1) is 16.1. The van der Waals surface area contributed by atoms with E-state index in [2.05, 4.69) is 61.6 Å². The molecule has 23 heavy (non-hydrogen) atoms. The van der Waals surface area contributed by atoms with Crippen molar-refractivity contribution in [3.8, 4) is 5.75 Å². The van der Waals surface area contributed by atoms with E-state index in [-0.39, 0.29) is 0 Å². The Morgan fingerprint density at radius 2 is 1.57 bits per heavy atom. The molecular formula is C21H28NO+. The number of nitrogens with zero attached hydrogens (tertiary/aromatic N) is 1. The molecule has 0 N–H and O–H groups in total. The van der Waals surface area contributed by atoms with Crippen LogP contribution in [0.4, 0.5) is 0 Å². The summed E-state index contributed by atoms with van der Waals surface area (Å²) >= 11 is 0. The first-order valence-electron chi connectivity index (χ1n) is 8.73. The Labute approximate surface area is 140 Å². The predicted molar refractivity (Wildman–Crippen MR) is 95.7 cm³/mol. The molecule has 1 atom stereocenters. The fourth-order valence-electron chi connectivity index (χ4n) is 3.91. The SMILES string of the molecule is COc1ccc([C@@H](Cc2ccccc2)[N+]2(C)CCCCC2)cc1. The number of ether oxygens (including phenoxy) is 1. The minimum Gasteiger partial charge on any atom is -0.497 e. The fourth-order valence-corrected chi connectivity index (χ4v) is 3.91. The maximum absolute atomic E-state index is 5.33. The van der Waals surface area contributed by atoms with E-state index in [0.717, 1.165) is 16.7 Å². The Bertz CT molecular complexity index is 599. The minimum atomic E-state index is 0.517. The molecule has 2 aromatic carbocycles. The van der Waals surface area contributed by atoms with Crippen molar-refractivity contribution in [2.24, 2.45) is 0 Å². The zero-order chi connectivity index (χ0) is 16.1. The van der Waals surface area contributed by atoms with E-state index < -0.39 is 0 Å². The number of hydrogen-bond donors (Lipinski definition) is 0. The normalized spacial score (nSPS) is 18.3. The Balaban J connectivity index is 1.91. The van der Waals surface area contributed by atoms with Crippen molar-refractivity contribution < 1.29 is 9.22 Å². The molecule has 1 heterocycles. The van der Waals surface area contributed by atoms with Crippen LogP contribution < -0.4 is 4.74 Å². The smallest absolute Gasteiger partial charge is 0.119 e. The van der Waals surface area contributed by atoms with Crippen LogP contribution in [-0.2, 0) is 6.42 Å². The number of piperidine rings is 1. The van der Waals surface area contributed by atoms with Gasteiger partial charge in [-0.05, 0) is 49.1 Å². The van der Waals surface area contributed by atoms with Gasteiger partial charge in [0.1, 0.15) is 11.8 Å². The number of methoxy groups -OCH3 is 1. The number of hydrogen-bond acceptors (Lipinski definition) is 1. The van der Waals surface area contributed by atoms with E-state index in [4.69, 9.17) is 4.74 Å². The van der Waals surface area contributed by atoms with Crippen molar-refractivity contribution in [1.82, 2.24) is 0 Å². The average molecular weight is 310 g/mol. The maximum atomic E-state index is 5.33. The van der Waals surface area contributed by atoms with Crippen molar-refractivity contribution >= 4 is 0 Å². The third-order valence-electron chi connectivity index (χ3n) is 5.36. The molecule has 1 aliphatic rings. The summed E-state index contributed by atoms with van der Waals surface area (Å²) in [5, 5.41) is 0. The second-order valence-electron chi connectivity index (χ2n) is 6.97. The summed E-state index contributed by atoms with van der Waals surface area (Å²) in [4.78, 5) is 0. The van der Waals surface area contributed by atoms with Gasteiger partial charge in [-0.1, -0.05) is 30.3 Å². The number of likely N-dealkylation sites (N-methyl/N-ethyl adjacent to an activating group) is 1. The van der Waals surface area contributed by atoms with Gasteiger partial charge in [0, 0.05) is 12.0 Å². The summed E-state index contributed by atoms with van der Waals surface area (Å²) < 4.78 is 6.49. The number of rotatable bonds is 5. The van der Waals surface area contributed by atoms with Crippen molar-refractivity contribution in [2.45, 2.75) is 31.7 Å². The fraction of sp³-hybridized carbons (Fsp3) is 0.429. The second kappa shape index (κ2) is 7.18. The first-order chi connectivity index (χ1) is 11.2. The monoisotopic (exact) mass is 310 g/mol. The molecular weight excluding hydrogens is 282 g/mol. The summed E-state index contributed by atoms with van der Waals surface area (Å²) in [6, 6.07) is 20.1. The molecule has 3 rings (SSSR count). The van der Waals surface area contributed by atoms with Gasteiger partial charge in [0.05, 0.1) is 27.2 Å². The second-order valence-corrected chi connectivity index (χ2v) is 6.97. The minimum absolute atomic E-state index is 0.517. The summed E-state index contributed by atoms with van der Waals surface area (Å²) in [6.45, 7) is 2.56. The van der Waals surface area contributed by atoms with E-state index >= 15 is 0 Å². The largest absolute Gasteiger partial charge is 0.497 e. The highest BCUT2D eigenvalue weighted by atomic mass is 16.5. The molecule has 2 nitrogen and oxygen atoms in total. The molecule has 122 valence electrons. The highest BCUT2D eigenvalue weighted by Gasteiger charge is 2.35. The number of benzene rings is 2. The molecule has 0 aliphatic carbocycles. The maximum Gasteiger partial charge on any atom is 0.119 e. The molecule has 0 radical (unpaired) electrons. The van der Waals surface area contributed by atoms with Gasteiger partial charge in [0.2, 0.25) is 0 Å². The van der Waals surface area contributed by atoms with E-state index in [1.54, 1.807) is 7.11 Å². The summed E-state index contributed by atoms with van der Waals surface area (Å²) in [5.41, 5.74) is 2.86. The molecule has 0 spiro atoms. The molecule has 2 heteroatoms. The highest BCUT2D eigenvalue weighted by Crippen LogP contribution is 2.34. The lowest BCUT2D eigenvalue weighted by molar-refractivity contribution is -0.943. The molecule has 1 saturated heterocycles. The van der Waals surface area contributed by atoms with Gasteiger partial charge >= 0.3 is 0 Å². The van der Waals surface area contributed by atoms with E-state index in [9.17, 15) is 0 Å². The van der Waals surface area contributed by atoms with Crippen LogP contribution in [0.1, 0.15) is 36.4 Å². The molecule has 1 aliphatic heterocycles. The van der Waals surface area contributed by atoms with Crippen molar-refractivity contribution in [2.75, 3.05) is 27.2 Å². The quantitative estimate of drug-likeness (QED) is 0.733. The van der Waals surface area contributed by atoms with Gasteiger partial charge < -0.3 is 9.22 Å². The van der Waals surface area contributed by atoms with E-state index in [1.807, 2.05) is 0 Å². The predicted octanol–water partition coefficient (Wildman–Crippen LogP) is 4.61. The molecule has 0 aromatic heterocycles. The lowest BCUT2D eigenvalue weighted by Gasteiger charge is -2.44. The van der Waals surface area contributed by atoms with Crippen molar-refractivity contribution in [1.29, 1.82) is 0 Å². The number of likely N-dealkylation sites (tertiary alicyclic amines) is 1. The van der Waals surface area contributed by atoms with Gasteiger partial charge in [0.25, 0.3) is 0 Å². The lowest BCUT2D eigenvalue weighted by Crippen LogP contribution is -2.51. The zero-order valence-electron chi connectivity index (χ0n) is 14.4. The van der Waals surface area contributed by atoms with Crippen molar-refractivity contribution in [3.63, 3.8) is 0 Å². The average Bonchev–Trinajstić information content (AvgIpc) is 2.61. The van der Waals surface area contributed by atoms with Gasteiger partial charge in [-0.3, -0.25) is 0 Å².